The Hall–Kier alpha value is -2.55. The van der Waals surface area contributed by atoms with Crippen LogP contribution in [-0.2, 0) is 26.2 Å². The molecule has 0 spiro atoms. The molecule has 4 rings (SSSR count). The first kappa shape index (κ1) is 21.7. The molecule has 31 heavy (non-hydrogen) atoms. The van der Waals surface area contributed by atoms with Gasteiger partial charge in [0, 0.05) is 18.1 Å². The van der Waals surface area contributed by atoms with Crippen LogP contribution in [0.5, 0.6) is 17.2 Å². The van der Waals surface area contributed by atoms with Gasteiger partial charge in [-0.05, 0) is 72.6 Å². The quantitative estimate of drug-likeness (QED) is 0.523. The van der Waals surface area contributed by atoms with Crippen LogP contribution in [0, 0.1) is 11.7 Å². The Labute approximate surface area is 191 Å². The number of nitrogens with one attached hydrogen (secondary N) is 1. The largest absolute Gasteiger partial charge is 0.493 e. The second kappa shape index (κ2) is 9.30. The number of halogens is 1. The van der Waals surface area contributed by atoms with Crippen molar-refractivity contribution in [1.82, 2.24) is 19.7 Å². The zero-order valence-electron chi connectivity index (χ0n) is 17.8. The summed E-state index contributed by atoms with van der Waals surface area (Å²) in [6.45, 7) is 4.59. The lowest BCUT2D eigenvalue weighted by atomic mass is 9.99. The molecule has 0 amide bonds. The third kappa shape index (κ3) is 4.87. The SMILES string of the molecule is COc1cc2c(cc1OC)CN(Cn1[nH]c(COc3ccc(Cl)c(C)c3)nc1=S)CC2. The van der Waals surface area contributed by atoms with Crippen LogP contribution >= 0.6 is 23.8 Å². The molecule has 164 valence electrons. The van der Waals surface area contributed by atoms with Crippen molar-refractivity contribution in [3.05, 3.63) is 62.6 Å². The Morgan fingerprint density at radius 2 is 1.87 bits per heavy atom. The van der Waals surface area contributed by atoms with E-state index < -0.39 is 0 Å². The second-order valence-corrected chi connectivity index (χ2v) is 8.27. The number of aromatic amines is 1. The van der Waals surface area contributed by atoms with E-state index in [1.165, 1.54) is 11.1 Å². The molecule has 0 saturated heterocycles. The zero-order valence-corrected chi connectivity index (χ0v) is 19.3. The molecule has 1 aromatic heterocycles. The molecule has 0 atom stereocenters. The lowest BCUT2D eigenvalue weighted by Gasteiger charge is -2.29. The molecule has 1 aliphatic rings. The normalized spacial score (nSPS) is 13.7. The van der Waals surface area contributed by atoms with Gasteiger partial charge < -0.3 is 14.2 Å². The van der Waals surface area contributed by atoms with Crippen molar-refractivity contribution in [2.45, 2.75) is 33.2 Å². The lowest BCUT2D eigenvalue weighted by Crippen LogP contribution is -2.32. The van der Waals surface area contributed by atoms with Gasteiger partial charge in [-0.15, -0.1) is 0 Å². The Kier molecular flexibility index (Phi) is 6.50. The van der Waals surface area contributed by atoms with Gasteiger partial charge in [0.2, 0.25) is 4.77 Å². The molecule has 0 radical (unpaired) electrons. The number of nitrogens with zero attached hydrogens (tertiary/aromatic N) is 3. The lowest BCUT2D eigenvalue weighted by molar-refractivity contribution is 0.186. The number of aromatic nitrogens is 3. The van der Waals surface area contributed by atoms with Crippen LogP contribution in [0.4, 0.5) is 0 Å². The van der Waals surface area contributed by atoms with Crippen molar-refractivity contribution in [2.24, 2.45) is 0 Å². The summed E-state index contributed by atoms with van der Waals surface area (Å²) in [7, 11) is 3.32. The zero-order chi connectivity index (χ0) is 22.0. The van der Waals surface area contributed by atoms with Crippen molar-refractivity contribution in [2.75, 3.05) is 20.8 Å². The van der Waals surface area contributed by atoms with E-state index in [2.05, 4.69) is 27.1 Å². The molecule has 1 N–H and O–H groups in total. The fourth-order valence-electron chi connectivity index (χ4n) is 3.69. The maximum absolute atomic E-state index is 6.07. The fourth-order valence-corrected chi connectivity index (χ4v) is 4.02. The Morgan fingerprint density at radius 1 is 1.13 bits per heavy atom. The predicted molar refractivity (Wildman–Crippen MR) is 122 cm³/mol. The molecule has 2 aromatic carbocycles. The summed E-state index contributed by atoms with van der Waals surface area (Å²) in [5.74, 6) is 2.94. The van der Waals surface area contributed by atoms with E-state index in [-0.39, 0.29) is 0 Å². The van der Waals surface area contributed by atoms with Crippen LogP contribution < -0.4 is 14.2 Å². The molecule has 1 aliphatic heterocycles. The summed E-state index contributed by atoms with van der Waals surface area (Å²) >= 11 is 11.5. The molecule has 0 unspecified atom stereocenters. The van der Waals surface area contributed by atoms with E-state index in [1.54, 1.807) is 14.2 Å². The Morgan fingerprint density at radius 3 is 2.58 bits per heavy atom. The van der Waals surface area contributed by atoms with Crippen LogP contribution in [-0.4, -0.2) is 40.4 Å². The number of fused-ring (bicyclic) bond motifs is 1. The minimum atomic E-state index is 0.303. The summed E-state index contributed by atoms with van der Waals surface area (Å²) in [6.07, 6.45) is 0.934. The highest BCUT2D eigenvalue weighted by molar-refractivity contribution is 7.71. The molecule has 0 bridgehead atoms. The summed E-state index contributed by atoms with van der Waals surface area (Å²) in [6, 6.07) is 9.70. The van der Waals surface area contributed by atoms with Crippen molar-refractivity contribution >= 4 is 23.8 Å². The third-order valence-corrected chi connectivity index (χ3v) is 6.10. The van der Waals surface area contributed by atoms with Crippen LogP contribution in [0.1, 0.15) is 22.5 Å². The van der Waals surface area contributed by atoms with E-state index in [1.807, 2.05) is 29.8 Å². The average Bonchev–Trinajstić information content (AvgIpc) is 3.12. The van der Waals surface area contributed by atoms with Crippen LogP contribution in [0.3, 0.4) is 0 Å². The Balaban J connectivity index is 1.42. The highest BCUT2D eigenvalue weighted by Crippen LogP contribution is 2.33. The molecule has 2 heterocycles. The molecule has 0 fully saturated rings. The number of H-pyrrole nitrogens is 1. The second-order valence-electron chi connectivity index (χ2n) is 7.50. The van der Waals surface area contributed by atoms with Gasteiger partial charge in [0.25, 0.3) is 0 Å². The minimum absolute atomic E-state index is 0.303. The molecule has 7 nitrogen and oxygen atoms in total. The molecule has 0 aliphatic carbocycles. The predicted octanol–water partition coefficient (Wildman–Crippen LogP) is 4.51. The van der Waals surface area contributed by atoms with Crippen molar-refractivity contribution < 1.29 is 14.2 Å². The van der Waals surface area contributed by atoms with Gasteiger partial charge in [-0.1, -0.05) is 11.6 Å². The van der Waals surface area contributed by atoms with E-state index in [0.29, 0.717) is 23.9 Å². The fraction of sp³-hybridized carbons (Fsp3) is 0.364. The van der Waals surface area contributed by atoms with Crippen molar-refractivity contribution in [1.29, 1.82) is 0 Å². The first-order chi connectivity index (χ1) is 15.0. The molecular formula is C22H25ClN4O3S. The molecular weight excluding hydrogens is 436 g/mol. The van der Waals surface area contributed by atoms with Gasteiger partial charge in [0.05, 0.1) is 20.9 Å². The van der Waals surface area contributed by atoms with Gasteiger partial charge >= 0.3 is 0 Å². The van der Waals surface area contributed by atoms with E-state index in [4.69, 9.17) is 38.0 Å². The van der Waals surface area contributed by atoms with Gasteiger partial charge in [-0.25, -0.2) is 9.67 Å². The van der Waals surface area contributed by atoms with Gasteiger partial charge in [-0.3, -0.25) is 10.00 Å². The topological polar surface area (TPSA) is 64.5 Å². The standard InChI is InChI=1S/C22H25ClN4O3S/c1-14-8-17(4-5-18(14)23)30-12-21-24-22(31)27(25-21)13-26-7-6-15-9-19(28-2)20(29-3)10-16(15)11-26/h4-5,8-10H,6-7,11-13H2,1-3H3,(H,24,25,31). The third-order valence-electron chi connectivity index (χ3n) is 5.37. The van der Waals surface area contributed by atoms with E-state index in [9.17, 15) is 0 Å². The number of hydrogen-bond acceptors (Lipinski definition) is 6. The monoisotopic (exact) mass is 460 g/mol. The smallest absolute Gasteiger partial charge is 0.217 e. The number of hydrogen-bond donors (Lipinski definition) is 1. The van der Waals surface area contributed by atoms with Crippen LogP contribution in [0.15, 0.2) is 30.3 Å². The van der Waals surface area contributed by atoms with Gasteiger partial charge in [-0.2, -0.15) is 0 Å². The first-order valence-corrected chi connectivity index (χ1v) is 10.8. The maximum atomic E-state index is 6.07. The van der Waals surface area contributed by atoms with Gasteiger partial charge in [0.15, 0.2) is 17.3 Å². The van der Waals surface area contributed by atoms with Crippen molar-refractivity contribution in [3.8, 4) is 17.2 Å². The minimum Gasteiger partial charge on any atom is -0.493 e. The summed E-state index contributed by atoms with van der Waals surface area (Å²) in [5.41, 5.74) is 3.49. The van der Waals surface area contributed by atoms with Crippen molar-refractivity contribution in [3.63, 3.8) is 0 Å². The van der Waals surface area contributed by atoms with Crippen LogP contribution in [0.25, 0.3) is 0 Å². The molecule has 9 heteroatoms. The van der Waals surface area contributed by atoms with Crippen LogP contribution in [0.2, 0.25) is 5.02 Å². The summed E-state index contributed by atoms with van der Waals surface area (Å²) in [5, 5.41) is 3.97. The number of benzene rings is 2. The summed E-state index contributed by atoms with van der Waals surface area (Å²) < 4.78 is 19.1. The Bertz CT molecular complexity index is 1140. The number of methoxy groups -OCH3 is 2. The first-order valence-electron chi connectivity index (χ1n) is 9.97. The van der Waals surface area contributed by atoms with Gasteiger partial charge in [0.1, 0.15) is 12.4 Å². The maximum Gasteiger partial charge on any atom is 0.217 e. The summed E-state index contributed by atoms with van der Waals surface area (Å²) in [4.78, 5) is 6.75. The average molecular weight is 461 g/mol. The molecule has 3 aromatic rings. The number of aryl methyl sites for hydroxylation is 1. The highest BCUT2D eigenvalue weighted by atomic mass is 35.5. The highest BCUT2D eigenvalue weighted by Gasteiger charge is 2.20. The van der Waals surface area contributed by atoms with E-state index >= 15 is 0 Å². The van der Waals surface area contributed by atoms with E-state index in [0.717, 1.165) is 47.3 Å². The number of ether oxygens (including phenoxy) is 3. The number of rotatable bonds is 7. The molecule has 0 saturated carbocycles.